The summed E-state index contributed by atoms with van der Waals surface area (Å²) in [5.41, 5.74) is 4.23. The number of aromatic amines is 1. The van der Waals surface area contributed by atoms with E-state index in [0.717, 1.165) is 34.4 Å². The molecule has 4 heterocycles. The monoisotopic (exact) mass is 359 g/mol. The molecular weight excluding hydrogens is 338 g/mol. The van der Waals surface area contributed by atoms with Crippen molar-refractivity contribution in [1.82, 2.24) is 19.9 Å². The number of fused-ring (bicyclic) bond motifs is 1. The van der Waals surface area contributed by atoms with Gasteiger partial charge in [-0.1, -0.05) is 12.1 Å². The van der Waals surface area contributed by atoms with E-state index in [9.17, 15) is 0 Å². The highest BCUT2D eigenvalue weighted by atomic mass is 16.5. The first-order valence-electron chi connectivity index (χ1n) is 8.97. The minimum absolute atomic E-state index is 0.276. The molecule has 0 radical (unpaired) electrons. The molecule has 2 N–H and O–H groups in total. The zero-order valence-corrected chi connectivity index (χ0v) is 15.1. The Hall–Kier alpha value is -3.25. The van der Waals surface area contributed by atoms with Crippen LogP contribution in [0.15, 0.2) is 67.4 Å². The average Bonchev–Trinajstić information content (AvgIpc) is 3.13. The van der Waals surface area contributed by atoms with E-state index < -0.39 is 0 Å². The molecule has 4 aromatic rings. The fourth-order valence-electron chi connectivity index (χ4n) is 3.05. The predicted octanol–water partition coefficient (Wildman–Crippen LogP) is 4.09. The number of H-pyrrole nitrogens is 1. The minimum Gasteiger partial charge on any atom is -0.354 e. The molecule has 6 heteroatoms. The average molecular weight is 359 g/mol. The molecule has 0 aliphatic rings. The lowest BCUT2D eigenvalue weighted by atomic mass is 10.1. The molecule has 0 bridgehead atoms. The Bertz CT molecular complexity index is 998. The molecule has 1 atom stereocenters. The summed E-state index contributed by atoms with van der Waals surface area (Å²) < 4.78 is 5.79. The molecule has 0 aliphatic heterocycles. The fraction of sp³-hybridized carbons (Fsp3) is 0.190. The molecule has 0 amide bonds. The second-order valence-corrected chi connectivity index (χ2v) is 6.21. The summed E-state index contributed by atoms with van der Waals surface area (Å²) in [4.78, 5) is 16.3. The Kier molecular flexibility index (Phi) is 5.07. The summed E-state index contributed by atoms with van der Waals surface area (Å²) in [7, 11) is 0. The molecule has 0 saturated heterocycles. The van der Waals surface area contributed by atoms with E-state index in [-0.39, 0.29) is 6.23 Å². The van der Waals surface area contributed by atoms with Gasteiger partial charge in [0.15, 0.2) is 6.23 Å². The molecule has 27 heavy (non-hydrogen) atoms. The number of ether oxygens (including phenoxy) is 1. The third-order valence-electron chi connectivity index (χ3n) is 4.36. The van der Waals surface area contributed by atoms with Gasteiger partial charge in [-0.05, 0) is 42.3 Å². The summed E-state index contributed by atoms with van der Waals surface area (Å²) >= 11 is 0. The largest absolute Gasteiger partial charge is 0.354 e. The van der Waals surface area contributed by atoms with Crippen molar-refractivity contribution in [2.45, 2.75) is 19.6 Å². The lowest BCUT2D eigenvalue weighted by Crippen LogP contribution is -2.15. The third kappa shape index (κ3) is 3.96. The van der Waals surface area contributed by atoms with Crippen LogP contribution in [0.1, 0.15) is 29.8 Å². The second-order valence-electron chi connectivity index (χ2n) is 6.21. The third-order valence-corrected chi connectivity index (χ3v) is 4.36. The number of rotatable bonds is 7. The van der Waals surface area contributed by atoms with Crippen molar-refractivity contribution in [2.24, 2.45) is 0 Å². The van der Waals surface area contributed by atoms with Gasteiger partial charge in [0.1, 0.15) is 11.5 Å². The Balaban J connectivity index is 1.48. The molecule has 0 aliphatic carbocycles. The Morgan fingerprint density at radius 1 is 1.07 bits per heavy atom. The van der Waals surface area contributed by atoms with Crippen LogP contribution in [0.4, 0.5) is 5.82 Å². The first-order chi connectivity index (χ1) is 13.3. The van der Waals surface area contributed by atoms with Crippen LogP contribution < -0.4 is 5.32 Å². The van der Waals surface area contributed by atoms with Crippen LogP contribution in [0.3, 0.4) is 0 Å². The molecule has 136 valence electrons. The minimum atomic E-state index is -0.276. The normalized spacial score (nSPS) is 12.2. The van der Waals surface area contributed by atoms with Gasteiger partial charge < -0.3 is 15.0 Å². The molecule has 4 aromatic heterocycles. The maximum Gasteiger partial charge on any atom is 0.156 e. The Morgan fingerprint density at radius 2 is 2.00 bits per heavy atom. The van der Waals surface area contributed by atoms with Gasteiger partial charge in [0, 0.05) is 55.0 Å². The smallest absolute Gasteiger partial charge is 0.156 e. The van der Waals surface area contributed by atoms with Gasteiger partial charge in [-0.3, -0.25) is 4.98 Å². The van der Waals surface area contributed by atoms with Gasteiger partial charge in [-0.25, -0.2) is 9.97 Å². The van der Waals surface area contributed by atoms with Crippen molar-refractivity contribution in [1.29, 1.82) is 0 Å². The van der Waals surface area contributed by atoms with Crippen molar-refractivity contribution < 1.29 is 4.74 Å². The molecule has 0 saturated carbocycles. The number of hydrogen-bond donors (Lipinski definition) is 2. The number of pyridine rings is 3. The zero-order valence-electron chi connectivity index (χ0n) is 15.1. The highest BCUT2D eigenvalue weighted by Gasteiger charge is 2.12. The summed E-state index contributed by atoms with van der Waals surface area (Å²) in [6.45, 7) is 2.57. The predicted molar refractivity (Wildman–Crippen MR) is 105 cm³/mol. The molecule has 0 aromatic carbocycles. The highest BCUT2D eigenvalue weighted by molar-refractivity contribution is 5.79. The lowest BCUT2D eigenvalue weighted by molar-refractivity contribution is 0.0823. The van der Waals surface area contributed by atoms with Gasteiger partial charge in [-0.15, -0.1) is 0 Å². The van der Waals surface area contributed by atoms with E-state index in [4.69, 9.17) is 4.74 Å². The maximum atomic E-state index is 5.79. The quantitative estimate of drug-likeness (QED) is 0.486. The first kappa shape index (κ1) is 17.2. The van der Waals surface area contributed by atoms with Crippen LogP contribution in [-0.4, -0.2) is 26.5 Å². The van der Waals surface area contributed by atoms with Crippen LogP contribution in [0.25, 0.3) is 11.0 Å². The summed E-state index contributed by atoms with van der Waals surface area (Å²) in [6, 6.07) is 12.0. The Morgan fingerprint density at radius 3 is 2.78 bits per heavy atom. The van der Waals surface area contributed by atoms with Crippen molar-refractivity contribution in [2.75, 3.05) is 11.9 Å². The zero-order chi connectivity index (χ0) is 18.5. The fourth-order valence-corrected chi connectivity index (χ4v) is 3.05. The van der Waals surface area contributed by atoms with Crippen LogP contribution >= 0.6 is 0 Å². The van der Waals surface area contributed by atoms with Gasteiger partial charge in [-0.2, -0.15) is 0 Å². The molecule has 4 rings (SSSR count). The lowest BCUT2D eigenvalue weighted by Gasteiger charge is -2.19. The highest BCUT2D eigenvalue weighted by Crippen LogP contribution is 2.21. The van der Waals surface area contributed by atoms with Gasteiger partial charge >= 0.3 is 0 Å². The topological polar surface area (TPSA) is 75.7 Å². The number of anilines is 1. The maximum absolute atomic E-state index is 5.79. The second kappa shape index (κ2) is 7.97. The van der Waals surface area contributed by atoms with Crippen molar-refractivity contribution in [3.63, 3.8) is 0 Å². The number of hydrogen-bond acceptors (Lipinski definition) is 5. The number of nitrogens with one attached hydrogen (secondary N) is 2. The summed E-state index contributed by atoms with van der Waals surface area (Å²) in [6.07, 6.45) is 9.77. The molecule has 0 spiro atoms. The van der Waals surface area contributed by atoms with E-state index in [0.29, 0.717) is 6.61 Å². The summed E-state index contributed by atoms with van der Waals surface area (Å²) in [5.74, 6) is 0.765. The van der Waals surface area contributed by atoms with E-state index in [1.807, 2.05) is 43.6 Å². The molecule has 0 fully saturated rings. The van der Waals surface area contributed by atoms with Crippen LogP contribution in [0, 0.1) is 0 Å². The standard InChI is InChI=1S/C21H21N5O/c1-2-27-21(16-5-3-9-22-13-16)26-19-8-7-15(12-24-19)11-17-14-25-20-18(17)6-4-10-23-20/h3-10,12-14,21H,2,11H2,1H3,(H,23,25)(H,24,26). The first-order valence-corrected chi connectivity index (χ1v) is 8.97. The van der Waals surface area contributed by atoms with E-state index in [2.05, 4.69) is 37.4 Å². The summed E-state index contributed by atoms with van der Waals surface area (Å²) in [5, 5.41) is 4.47. The van der Waals surface area contributed by atoms with E-state index >= 15 is 0 Å². The van der Waals surface area contributed by atoms with Gasteiger partial charge in [0.2, 0.25) is 0 Å². The van der Waals surface area contributed by atoms with Gasteiger partial charge in [0.25, 0.3) is 0 Å². The van der Waals surface area contributed by atoms with E-state index in [1.54, 1.807) is 18.6 Å². The van der Waals surface area contributed by atoms with Crippen molar-refractivity contribution in [3.05, 3.63) is 84.1 Å². The molecule has 6 nitrogen and oxygen atoms in total. The van der Waals surface area contributed by atoms with Crippen molar-refractivity contribution in [3.8, 4) is 0 Å². The van der Waals surface area contributed by atoms with Crippen LogP contribution in [0.5, 0.6) is 0 Å². The van der Waals surface area contributed by atoms with Gasteiger partial charge in [0.05, 0.1) is 0 Å². The molecule has 1 unspecified atom stereocenters. The number of nitrogens with zero attached hydrogens (tertiary/aromatic N) is 3. The van der Waals surface area contributed by atoms with Crippen LogP contribution in [-0.2, 0) is 11.2 Å². The Labute approximate surface area is 157 Å². The van der Waals surface area contributed by atoms with Crippen LogP contribution in [0.2, 0.25) is 0 Å². The van der Waals surface area contributed by atoms with Crippen molar-refractivity contribution >= 4 is 16.9 Å². The van der Waals surface area contributed by atoms with E-state index in [1.165, 1.54) is 5.56 Å². The SMILES string of the molecule is CCOC(Nc1ccc(Cc2c[nH]c3ncccc23)cn1)c1cccnc1. The number of aromatic nitrogens is 4. The molecular formula is C21H21N5O.